The second-order valence-corrected chi connectivity index (χ2v) is 18.2. The van der Waals surface area contributed by atoms with E-state index in [0.717, 1.165) is 34.2 Å². The fraction of sp³-hybridized carbons (Fsp3) is 0.255. The minimum atomic E-state index is -3.72. The zero-order valence-corrected chi connectivity index (χ0v) is 38.7. The number of methoxy groups -OCH3 is 1. The van der Waals surface area contributed by atoms with Crippen molar-refractivity contribution in [1.82, 2.24) is 19.1 Å². The Labute approximate surface area is 389 Å². The van der Waals surface area contributed by atoms with Crippen LogP contribution in [0.4, 0.5) is 13.2 Å². The van der Waals surface area contributed by atoms with Gasteiger partial charge in [-0.1, -0.05) is 67.6 Å². The molecule has 13 nitrogen and oxygen atoms in total. The number of rotatable bonds is 19. The number of benzene rings is 6. The van der Waals surface area contributed by atoms with Gasteiger partial charge in [0.2, 0.25) is 0 Å². The number of alkyl halides is 2. The second-order valence-electron chi connectivity index (χ2n) is 16.0. The molecule has 0 aliphatic rings. The summed E-state index contributed by atoms with van der Waals surface area (Å²) in [6.07, 6.45) is 1.58. The number of hydrogen-bond acceptors (Lipinski definition) is 9. The number of sulfone groups is 1. The molecule has 0 spiro atoms. The van der Waals surface area contributed by atoms with E-state index in [1.807, 2.05) is 62.4 Å². The van der Waals surface area contributed by atoms with Crippen LogP contribution in [-0.2, 0) is 16.4 Å². The molecule has 8 aromatic rings. The van der Waals surface area contributed by atoms with E-state index in [0.29, 0.717) is 52.2 Å². The van der Waals surface area contributed by atoms with Crippen molar-refractivity contribution in [3.8, 4) is 51.0 Å². The number of aromatic nitrogens is 4. The van der Waals surface area contributed by atoms with E-state index in [9.17, 15) is 26.8 Å². The third-order valence-corrected chi connectivity index (χ3v) is 12.5. The summed E-state index contributed by atoms with van der Waals surface area (Å²) >= 11 is 0. The Balaban J connectivity index is 1.07. The van der Waals surface area contributed by atoms with Crippen LogP contribution >= 0.6 is 0 Å². The molecule has 2 atom stereocenters. The van der Waals surface area contributed by atoms with E-state index in [4.69, 9.17) is 18.9 Å². The smallest absolute Gasteiger partial charge is 0.387 e. The maximum atomic E-state index is 16.5. The number of aromatic amines is 2. The highest BCUT2D eigenvalue weighted by molar-refractivity contribution is 7.90. The maximum Gasteiger partial charge on any atom is 0.387 e. The van der Waals surface area contributed by atoms with E-state index in [1.165, 1.54) is 29.9 Å². The molecular weight excluding hydrogens is 902 g/mol. The fourth-order valence-electron chi connectivity index (χ4n) is 8.65. The van der Waals surface area contributed by atoms with Crippen molar-refractivity contribution in [1.29, 1.82) is 0 Å². The monoisotopic (exact) mass is 950 g/mol. The summed E-state index contributed by atoms with van der Waals surface area (Å²) < 4.78 is 99.2. The van der Waals surface area contributed by atoms with Gasteiger partial charge in [-0.2, -0.15) is 8.78 Å². The highest BCUT2D eigenvalue weighted by Gasteiger charge is 2.27. The Morgan fingerprint density at radius 2 is 1.18 bits per heavy atom. The number of imidazole rings is 2. The molecule has 0 fully saturated rings. The maximum absolute atomic E-state index is 16.5. The molecule has 8 rings (SSSR count). The van der Waals surface area contributed by atoms with Gasteiger partial charge in [-0.3, -0.25) is 9.13 Å². The van der Waals surface area contributed by atoms with Crippen LogP contribution in [0.25, 0.3) is 44.3 Å². The Morgan fingerprint density at radius 3 is 1.78 bits per heavy atom. The lowest BCUT2D eigenvalue weighted by Crippen LogP contribution is -2.28. The second kappa shape index (κ2) is 19.8. The van der Waals surface area contributed by atoms with Gasteiger partial charge in [-0.15, -0.1) is 0 Å². The highest BCUT2D eigenvalue weighted by Crippen LogP contribution is 2.38. The minimum absolute atomic E-state index is 0.0488. The van der Waals surface area contributed by atoms with Crippen molar-refractivity contribution in [2.45, 2.75) is 52.5 Å². The van der Waals surface area contributed by atoms with Crippen molar-refractivity contribution in [3.05, 3.63) is 159 Å². The number of H-pyrrole nitrogens is 2. The first-order chi connectivity index (χ1) is 32.7. The van der Waals surface area contributed by atoms with Crippen LogP contribution in [0.3, 0.4) is 0 Å². The molecule has 2 aromatic heterocycles. The average Bonchev–Trinajstić information content (AvgIpc) is 3.82. The van der Waals surface area contributed by atoms with Crippen LogP contribution < -0.4 is 35.1 Å². The van der Waals surface area contributed by atoms with Crippen LogP contribution in [0.5, 0.6) is 28.7 Å². The summed E-state index contributed by atoms with van der Waals surface area (Å²) in [6, 6.07) is 31.1. The number of para-hydroxylation sites is 1. The van der Waals surface area contributed by atoms with E-state index >= 15 is 4.39 Å². The summed E-state index contributed by atoms with van der Waals surface area (Å²) in [5.41, 5.74) is 4.78. The first kappa shape index (κ1) is 47.1. The first-order valence-corrected chi connectivity index (χ1v) is 24.0. The quantitative estimate of drug-likeness (QED) is 0.0806. The normalized spacial score (nSPS) is 12.7. The van der Waals surface area contributed by atoms with Gasteiger partial charge in [-0.05, 0) is 97.1 Å². The summed E-state index contributed by atoms with van der Waals surface area (Å²) in [7, 11) is -2.22. The fourth-order valence-corrected chi connectivity index (χ4v) is 9.57. The van der Waals surface area contributed by atoms with Crippen LogP contribution in [0.1, 0.15) is 56.0 Å². The average molecular weight is 951 g/mol. The van der Waals surface area contributed by atoms with Gasteiger partial charge in [0.15, 0.2) is 23.0 Å². The van der Waals surface area contributed by atoms with Crippen LogP contribution in [0, 0.1) is 5.82 Å². The zero-order valence-electron chi connectivity index (χ0n) is 37.8. The van der Waals surface area contributed by atoms with Gasteiger partial charge >= 0.3 is 18.0 Å². The van der Waals surface area contributed by atoms with Gasteiger partial charge < -0.3 is 33.7 Å². The molecule has 2 heterocycles. The van der Waals surface area contributed by atoms with Crippen molar-refractivity contribution in [2.24, 2.45) is 0 Å². The molecule has 17 heteroatoms. The SMILES string of the molecule is CCOc1cc(C(CS(C)(=O)=O)n2c(=O)[nH]c3cc(-c4cccc(COc5cc(C(CC)n6c(=O)[nH]c7cc(-c8ccccc8OCC)ccc76)ccc5OC)c4F)ccc32)ccc1OC(F)F. The topological polar surface area (TPSA) is 156 Å². The minimum Gasteiger partial charge on any atom is -0.493 e. The standard InChI is InChI=1S/C51H49F3N4O9S/c1-6-39(57-40-20-16-30(24-37(40)55-50(57)59)35-13-9-10-15-43(35)64-7-2)32-18-22-44(63-4)46(26-32)66-28-34-12-11-14-36(48(34)52)31-17-21-41-38(25-31)56-51(60)58(41)42(29-68(5,61)62)33-19-23-45(67-49(53)54)47(27-33)65-8-3/h9-27,39,42,49H,6-8,28-29H2,1-5H3,(H,55,59)(H,56,60). The van der Waals surface area contributed by atoms with Crippen LogP contribution in [-0.4, -0.2) is 66.5 Å². The third-order valence-electron chi connectivity index (χ3n) is 11.6. The predicted octanol–water partition coefficient (Wildman–Crippen LogP) is 10.1. The molecule has 0 amide bonds. The van der Waals surface area contributed by atoms with Gasteiger partial charge in [0, 0.05) is 22.9 Å². The molecule has 0 aliphatic carbocycles. The lowest BCUT2D eigenvalue weighted by atomic mass is 10.0. The Kier molecular flexibility index (Phi) is 13.7. The summed E-state index contributed by atoms with van der Waals surface area (Å²) in [4.78, 5) is 33.1. The molecular formula is C51H49F3N4O9S. The zero-order chi connectivity index (χ0) is 48.3. The van der Waals surface area contributed by atoms with Gasteiger partial charge in [0.1, 0.15) is 28.0 Å². The Hall–Kier alpha value is -7.40. The highest BCUT2D eigenvalue weighted by atomic mass is 32.2. The molecule has 68 heavy (non-hydrogen) atoms. The number of halogens is 3. The summed E-state index contributed by atoms with van der Waals surface area (Å²) in [6.45, 7) is 2.86. The third kappa shape index (κ3) is 9.70. The molecule has 354 valence electrons. The van der Waals surface area contributed by atoms with Crippen molar-refractivity contribution < 1.29 is 45.3 Å². The van der Waals surface area contributed by atoms with Crippen LogP contribution in [0.2, 0.25) is 0 Å². The largest absolute Gasteiger partial charge is 0.493 e. The number of nitrogens with zero attached hydrogens (tertiary/aromatic N) is 2. The number of fused-ring (bicyclic) bond motifs is 2. The van der Waals surface area contributed by atoms with Crippen LogP contribution in [0.15, 0.2) is 125 Å². The molecule has 6 aromatic carbocycles. The van der Waals surface area contributed by atoms with Crippen molar-refractivity contribution >= 4 is 31.9 Å². The van der Waals surface area contributed by atoms with E-state index in [1.54, 1.807) is 60.0 Å². The molecule has 0 radical (unpaired) electrons. The van der Waals surface area contributed by atoms with Crippen molar-refractivity contribution in [2.75, 3.05) is 32.3 Å². The van der Waals surface area contributed by atoms with E-state index < -0.39 is 45.8 Å². The van der Waals surface area contributed by atoms with Gasteiger partial charge in [0.25, 0.3) is 0 Å². The molecule has 2 unspecified atom stereocenters. The molecule has 0 saturated carbocycles. The Bertz CT molecular complexity index is 3360. The summed E-state index contributed by atoms with van der Waals surface area (Å²) in [5.74, 6) is 0.104. The summed E-state index contributed by atoms with van der Waals surface area (Å²) in [5, 5.41) is 0. The van der Waals surface area contributed by atoms with Crippen molar-refractivity contribution in [3.63, 3.8) is 0 Å². The first-order valence-electron chi connectivity index (χ1n) is 21.9. The van der Waals surface area contributed by atoms with Gasteiger partial charge in [-0.25, -0.2) is 22.4 Å². The molecule has 0 bridgehead atoms. The number of ether oxygens (including phenoxy) is 5. The lowest BCUT2D eigenvalue weighted by molar-refractivity contribution is -0.0514. The Morgan fingerprint density at radius 1 is 0.618 bits per heavy atom. The lowest BCUT2D eigenvalue weighted by Gasteiger charge is -2.21. The molecule has 0 saturated heterocycles. The number of hydrogen-bond donors (Lipinski definition) is 2. The van der Waals surface area contributed by atoms with E-state index in [2.05, 4.69) is 14.7 Å². The molecule has 0 aliphatic heterocycles. The van der Waals surface area contributed by atoms with Gasteiger partial charge in [0.05, 0.1) is 60.2 Å². The molecule has 2 N–H and O–H groups in total. The number of nitrogens with one attached hydrogen (secondary N) is 2. The predicted molar refractivity (Wildman–Crippen MR) is 255 cm³/mol. The van der Waals surface area contributed by atoms with E-state index in [-0.39, 0.29) is 41.5 Å².